The maximum absolute atomic E-state index is 5.74. The molecule has 0 bridgehead atoms. The van der Waals surface area contributed by atoms with E-state index in [9.17, 15) is 0 Å². The Hall–Kier alpha value is -0.580. The Morgan fingerprint density at radius 1 is 1.50 bits per heavy atom. The molecule has 1 N–H and O–H groups in total. The van der Waals surface area contributed by atoms with E-state index in [4.69, 9.17) is 11.6 Å². The minimum absolute atomic E-state index is 0.298. The summed E-state index contributed by atoms with van der Waals surface area (Å²) in [6, 6.07) is 0. The lowest BCUT2D eigenvalue weighted by Crippen LogP contribution is -2.29. The van der Waals surface area contributed by atoms with Gasteiger partial charge in [-0.05, 0) is 18.3 Å². The van der Waals surface area contributed by atoms with E-state index in [0.717, 1.165) is 42.5 Å². The van der Waals surface area contributed by atoms with Crippen molar-refractivity contribution in [1.82, 2.24) is 14.7 Å². The standard InChI is InChI=1S/C13H20ClN3S/c1-13(2,4-3-5-14)10-15-8-11-9-17-6-7-18-12(17)16-11/h6-7,9,15H,3-5,8,10H2,1-2H3. The largest absolute Gasteiger partial charge is 0.311 e. The number of fused-ring (bicyclic) bond motifs is 1. The van der Waals surface area contributed by atoms with Crippen LogP contribution in [0.3, 0.4) is 0 Å². The summed E-state index contributed by atoms with van der Waals surface area (Å²) in [5.74, 6) is 0.751. The number of nitrogens with zero attached hydrogens (tertiary/aromatic N) is 2. The summed E-state index contributed by atoms with van der Waals surface area (Å²) in [5, 5.41) is 5.54. The maximum atomic E-state index is 5.74. The van der Waals surface area contributed by atoms with Gasteiger partial charge in [0.2, 0.25) is 0 Å². The van der Waals surface area contributed by atoms with Gasteiger partial charge in [-0.2, -0.15) is 0 Å². The molecule has 0 unspecified atom stereocenters. The van der Waals surface area contributed by atoms with Crippen LogP contribution < -0.4 is 5.32 Å². The minimum atomic E-state index is 0.298. The molecule has 2 aromatic rings. The Balaban J connectivity index is 1.79. The summed E-state index contributed by atoms with van der Waals surface area (Å²) in [4.78, 5) is 5.62. The molecule has 0 aliphatic rings. The topological polar surface area (TPSA) is 29.3 Å². The van der Waals surface area contributed by atoms with Gasteiger partial charge in [0.1, 0.15) is 0 Å². The van der Waals surface area contributed by atoms with Gasteiger partial charge < -0.3 is 5.32 Å². The predicted octanol–water partition coefficient (Wildman–Crippen LogP) is 3.53. The first-order chi connectivity index (χ1) is 8.61. The van der Waals surface area contributed by atoms with E-state index < -0.39 is 0 Å². The fourth-order valence-electron chi connectivity index (χ4n) is 2.02. The van der Waals surface area contributed by atoms with E-state index in [0.29, 0.717) is 5.41 Å². The van der Waals surface area contributed by atoms with Crippen molar-refractivity contribution in [2.45, 2.75) is 33.2 Å². The van der Waals surface area contributed by atoms with E-state index >= 15 is 0 Å². The van der Waals surface area contributed by atoms with Crippen LogP contribution in [0.5, 0.6) is 0 Å². The molecule has 0 fully saturated rings. The maximum Gasteiger partial charge on any atom is 0.193 e. The van der Waals surface area contributed by atoms with E-state index in [1.807, 2.05) is 6.20 Å². The monoisotopic (exact) mass is 285 g/mol. The molecular weight excluding hydrogens is 266 g/mol. The van der Waals surface area contributed by atoms with Crippen LogP contribution in [0.1, 0.15) is 32.4 Å². The summed E-state index contributed by atoms with van der Waals surface area (Å²) in [6.45, 7) is 6.38. The Morgan fingerprint density at radius 2 is 2.33 bits per heavy atom. The molecule has 0 saturated heterocycles. The third-order valence-electron chi connectivity index (χ3n) is 3.04. The smallest absolute Gasteiger partial charge is 0.193 e. The average Bonchev–Trinajstić information content (AvgIpc) is 2.86. The van der Waals surface area contributed by atoms with E-state index in [2.05, 4.69) is 40.1 Å². The molecule has 2 heterocycles. The first kappa shape index (κ1) is 13.8. The van der Waals surface area contributed by atoms with Crippen molar-refractivity contribution in [2.75, 3.05) is 12.4 Å². The van der Waals surface area contributed by atoms with Gasteiger partial charge in [0.25, 0.3) is 0 Å². The van der Waals surface area contributed by atoms with E-state index in [-0.39, 0.29) is 0 Å². The van der Waals surface area contributed by atoms with Gasteiger partial charge in [-0.1, -0.05) is 13.8 Å². The Labute approximate surface area is 117 Å². The van der Waals surface area contributed by atoms with Crippen molar-refractivity contribution in [3.05, 3.63) is 23.5 Å². The van der Waals surface area contributed by atoms with E-state index in [1.54, 1.807) is 11.3 Å². The highest BCUT2D eigenvalue weighted by Gasteiger charge is 2.16. The number of rotatable bonds is 7. The van der Waals surface area contributed by atoms with Gasteiger partial charge in [0, 0.05) is 36.7 Å². The number of alkyl halides is 1. The number of hydrogen-bond donors (Lipinski definition) is 1. The number of aromatic nitrogens is 2. The molecule has 0 atom stereocenters. The quantitative estimate of drug-likeness (QED) is 0.789. The van der Waals surface area contributed by atoms with Crippen LogP contribution in [-0.2, 0) is 6.54 Å². The first-order valence-electron chi connectivity index (χ1n) is 6.28. The number of nitrogens with one attached hydrogen (secondary N) is 1. The number of imidazole rings is 1. The lowest BCUT2D eigenvalue weighted by molar-refractivity contribution is 0.311. The molecule has 0 saturated carbocycles. The molecule has 2 aromatic heterocycles. The Kier molecular flexibility index (Phi) is 4.65. The third kappa shape index (κ3) is 3.70. The second-order valence-corrected chi connectivity index (χ2v) is 6.64. The van der Waals surface area contributed by atoms with Crippen LogP contribution in [0.25, 0.3) is 4.96 Å². The van der Waals surface area contributed by atoms with Gasteiger partial charge >= 0.3 is 0 Å². The summed E-state index contributed by atoms with van der Waals surface area (Å²) in [5.41, 5.74) is 1.40. The lowest BCUT2D eigenvalue weighted by atomic mass is 9.88. The van der Waals surface area contributed by atoms with Crippen LogP contribution in [-0.4, -0.2) is 21.8 Å². The fraction of sp³-hybridized carbons (Fsp3) is 0.615. The molecule has 0 spiro atoms. The SMILES string of the molecule is CC(C)(CCCCl)CNCc1cn2ccsc2n1. The molecule has 3 nitrogen and oxygen atoms in total. The van der Waals surface area contributed by atoms with Gasteiger partial charge in [-0.3, -0.25) is 4.40 Å². The molecule has 100 valence electrons. The Morgan fingerprint density at radius 3 is 3.06 bits per heavy atom. The van der Waals surface area contributed by atoms with Gasteiger partial charge in [-0.25, -0.2) is 4.98 Å². The first-order valence-corrected chi connectivity index (χ1v) is 7.70. The number of hydrogen-bond acceptors (Lipinski definition) is 3. The van der Waals surface area contributed by atoms with Gasteiger partial charge in [0.15, 0.2) is 4.96 Å². The zero-order valence-corrected chi connectivity index (χ0v) is 12.5. The predicted molar refractivity (Wildman–Crippen MR) is 78.5 cm³/mol. The van der Waals surface area contributed by atoms with Crippen molar-refractivity contribution in [2.24, 2.45) is 5.41 Å². The van der Waals surface area contributed by atoms with Gasteiger partial charge in [0.05, 0.1) is 5.69 Å². The highest BCUT2D eigenvalue weighted by Crippen LogP contribution is 2.21. The number of halogens is 1. The summed E-state index contributed by atoms with van der Waals surface area (Å²) >= 11 is 7.41. The molecule has 18 heavy (non-hydrogen) atoms. The van der Waals surface area contributed by atoms with Crippen LogP contribution in [0.15, 0.2) is 17.8 Å². The molecule has 0 amide bonds. The van der Waals surface area contributed by atoms with Crippen molar-refractivity contribution < 1.29 is 0 Å². The normalized spacial score (nSPS) is 12.4. The van der Waals surface area contributed by atoms with Crippen LogP contribution >= 0.6 is 22.9 Å². The lowest BCUT2D eigenvalue weighted by Gasteiger charge is -2.24. The molecule has 0 aliphatic heterocycles. The highest BCUT2D eigenvalue weighted by atomic mass is 35.5. The van der Waals surface area contributed by atoms with Gasteiger partial charge in [-0.15, -0.1) is 22.9 Å². The molecule has 0 aliphatic carbocycles. The molecular formula is C13H20ClN3S. The fourth-order valence-corrected chi connectivity index (χ4v) is 2.88. The van der Waals surface area contributed by atoms with Crippen molar-refractivity contribution in [3.63, 3.8) is 0 Å². The third-order valence-corrected chi connectivity index (χ3v) is 4.08. The van der Waals surface area contributed by atoms with Crippen molar-refractivity contribution in [1.29, 1.82) is 0 Å². The van der Waals surface area contributed by atoms with Crippen molar-refractivity contribution >= 4 is 27.9 Å². The summed E-state index contributed by atoms with van der Waals surface area (Å²) in [7, 11) is 0. The second kappa shape index (κ2) is 6.04. The van der Waals surface area contributed by atoms with Crippen LogP contribution in [0.4, 0.5) is 0 Å². The zero-order chi connectivity index (χ0) is 13.0. The summed E-state index contributed by atoms with van der Waals surface area (Å²) < 4.78 is 2.07. The Bertz CT molecular complexity index is 461. The summed E-state index contributed by atoms with van der Waals surface area (Å²) in [6.07, 6.45) is 6.36. The number of thiazole rings is 1. The minimum Gasteiger partial charge on any atom is -0.311 e. The highest BCUT2D eigenvalue weighted by molar-refractivity contribution is 7.15. The molecule has 0 aromatic carbocycles. The van der Waals surface area contributed by atoms with Crippen LogP contribution in [0, 0.1) is 5.41 Å². The van der Waals surface area contributed by atoms with Crippen molar-refractivity contribution in [3.8, 4) is 0 Å². The molecule has 0 radical (unpaired) electrons. The van der Waals surface area contributed by atoms with E-state index in [1.165, 1.54) is 0 Å². The van der Waals surface area contributed by atoms with Crippen LogP contribution in [0.2, 0.25) is 0 Å². The molecule has 5 heteroatoms. The molecule has 2 rings (SSSR count). The average molecular weight is 286 g/mol. The second-order valence-electron chi connectivity index (χ2n) is 5.39. The zero-order valence-electron chi connectivity index (χ0n) is 10.9.